The summed E-state index contributed by atoms with van der Waals surface area (Å²) in [5.41, 5.74) is -0.706. The van der Waals surface area contributed by atoms with Crippen molar-refractivity contribution < 1.29 is 13.5 Å². The topological polar surface area (TPSA) is 69.6 Å². The monoisotopic (exact) mass is 264 g/mol. The fourth-order valence-corrected chi connectivity index (χ4v) is 3.22. The van der Waals surface area contributed by atoms with Crippen molar-refractivity contribution in [3.05, 3.63) is 0 Å². The van der Waals surface area contributed by atoms with Crippen LogP contribution >= 0.6 is 0 Å². The SMILES string of the molecule is CC(C)NCCS(=O)(=O)N1CCC(C)(O)CC1. The highest BCUT2D eigenvalue weighted by atomic mass is 32.2. The van der Waals surface area contributed by atoms with Crippen molar-refractivity contribution in [2.24, 2.45) is 0 Å². The van der Waals surface area contributed by atoms with Gasteiger partial charge in [0.1, 0.15) is 0 Å². The van der Waals surface area contributed by atoms with Crippen LogP contribution in [0.25, 0.3) is 0 Å². The summed E-state index contributed by atoms with van der Waals surface area (Å²) in [5, 5.41) is 12.9. The quantitative estimate of drug-likeness (QED) is 0.742. The highest BCUT2D eigenvalue weighted by Gasteiger charge is 2.32. The number of sulfonamides is 1. The van der Waals surface area contributed by atoms with Gasteiger partial charge in [-0.3, -0.25) is 0 Å². The third kappa shape index (κ3) is 4.91. The lowest BCUT2D eigenvalue weighted by Gasteiger charge is -2.35. The van der Waals surface area contributed by atoms with E-state index in [0.717, 1.165) is 0 Å². The Morgan fingerprint density at radius 1 is 1.35 bits per heavy atom. The molecular weight excluding hydrogens is 240 g/mol. The van der Waals surface area contributed by atoms with Crippen LogP contribution in [0.2, 0.25) is 0 Å². The van der Waals surface area contributed by atoms with E-state index >= 15 is 0 Å². The molecule has 1 heterocycles. The Kier molecular flexibility index (Phi) is 4.95. The van der Waals surface area contributed by atoms with Crippen molar-refractivity contribution in [1.82, 2.24) is 9.62 Å². The number of hydrogen-bond donors (Lipinski definition) is 2. The van der Waals surface area contributed by atoms with Gasteiger partial charge in [-0.05, 0) is 19.8 Å². The highest BCUT2D eigenvalue weighted by molar-refractivity contribution is 7.89. The zero-order valence-corrected chi connectivity index (χ0v) is 11.8. The summed E-state index contributed by atoms with van der Waals surface area (Å²) >= 11 is 0. The summed E-state index contributed by atoms with van der Waals surface area (Å²) in [6.45, 7) is 7.08. The Hall–Kier alpha value is -0.170. The summed E-state index contributed by atoms with van der Waals surface area (Å²) in [5.74, 6) is 0.132. The fraction of sp³-hybridized carbons (Fsp3) is 1.00. The lowest BCUT2D eigenvalue weighted by atomic mass is 9.95. The third-order valence-electron chi connectivity index (χ3n) is 3.11. The van der Waals surface area contributed by atoms with Gasteiger partial charge in [-0.15, -0.1) is 0 Å². The van der Waals surface area contributed by atoms with Gasteiger partial charge in [-0.25, -0.2) is 12.7 Å². The smallest absolute Gasteiger partial charge is 0.215 e. The Bertz CT molecular complexity index is 329. The first-order valence-corrected chi connectivity index (χ1v) is 7.77. The molecule has 102 valence electrons. The van der Waals surface area contributed by atoms with Gasteiger partial charge in [0, 0.05) is 25.7 Å². The Morgan fingerprint density at radius 2 is 1.88 bits per heavy atom. The number of rotatable bonds is 5. The molecule has 0 aromatic rings. The van der Waals surface area contributed by atoms with Gasteiger partial charge in [0.25, 0.3) is 0 Å². The van der Waals surface area contributed by atoms with Gasteiger partial charge in [0.15, 0.2) is 0 Å². The molecule has 6 heteroatoms. The molecule has 0 aromatic carbocycles. The van der Waals surface area contributed by atoms with Crippen LogP contribution in [0.4, 0.5) is 0 Å². The molecule has 1 aliphatic heterocycles. The van der Waals surface area contributed by atoms with Crippen LogP contribution in [0.5, 0.6) is 0 Å². The molecule has 0 spiro atoms. The number of aliphatic hydroxyl groups is 1. The Balaban J connectivity index is 2.43. The molecule has 0 aromatic heterocycles. The molecule has 1 fully saturated rings. The van der Waals surface area contributed by atoms with Crippen LogP contribution in [-0.2, 0) is 10.0 Å². The summed E-state index contributed by atoms with van der Waals surface area (Å²) in [7, 11) is -3.17. The average molecular weight is 264 g/mol. The maximum Gasteiger partial charge on any atom is 0.215 e. The van der Waals surface area contributed by atoms with Crippen molar-refractivity contribution in [3.63, 3.8) is 0 Å². The number of piperidine rings is 1. The second-order valence-corrected chi connectivity index (χ2v) is 7.41. The molecule has 1 saturated heterocycles. The lowest BCUT2D eigenvalue weighted by Crippen LogP contribution is -2.46. The van der Waals surface area contributed by atoms with E-state index < -0.39 is 15.6 Å². The molecular formula is C11H24N2O3S. The molecule has 2 N–H and O–H groups in total. The van der Waals surface area contributed by atoms with E-state index in [-0.39, 0.29) is 5.75 Å². The molecule has 0 bridgehead atoms. The van der Waals surface area contributed by atoms with Crippen LogP contribution < -0.4 is 5.32 Å². The lowest BCUT2D eigenvalue weighted by molar-refractivity contribution is 0.0126. The first-order chi connectivity index (χ1) is 7.73. The standard InChI is InChI=1S/C11H24N2O3S/c1-10(2)12-6-9-17(15,16)13-7-4-11(3,14)5-8-13/h10,12,14H,4-9H2,1-3H3. The molecule has 1 aliphatic rings. The largest absolute Gasteiger partial charge is 0.390 e. The van der Waals surface area contributed by atoms with Crippen molar-refractivity contribution >= 4 is 10.0 Å². The zero-order valence-electron chi connectivity index (χ0n) is 10.9. The highest BCUT2D eigenvalue weighted by Crippen LogP contribution is 2.22. The number of nitrogens with zero attached hydrogens (tertiary/aromatic N) is 1. The predicted octanol–water partition coefficient (Wildman–Crippen LogP) is 0.161. The zero-order chi connectivity index (χ0) is 13.1. The second kappa shape index (κ2) is 5.65. The minimum atomic E-state index is -3.17. The molecule has 0 saturated carbocycles. The number of hydrogen-bond acceptors (Lipinski definition) is 4. The van der Waals surface area contributed by atoms with Crippen LogP contribution in [0.15, 0.2) is 0 Å². The van der Waals surface area contributed by atoms with Gasteiger partial charge in [-0.1, -0.05) is 13.8 Å². The number of nitrogens with one attached hydrogen (secondary N) is 1. The van der Waals surface area contributed by atoms with Crippen LogP contribution in [0.1, 0.15) is 33.6 Å². The van der Waals surface area contributed by atoms with Gasteiger partial charge in [0.2, 0.25) is 10.0 Å². The van der Waals surface area contributed by atoms with E-state index in [2.05, 4.69) is 5.32 Å². The Morgan fingerprint density at radius 3 is 2.35 bits per heavy atom. The molecule has 0 amide bonds. The van der Waals surface area contributed by atoms with E-state index in [0.29, 0.717) is 38.5 Å². The normalized spacial score (nSPS) is 21.9. The van der Waals surface area contributed by atoms with Crippen LogP contribution in [0, 0.1) is 0 Å². The summed E-state index contributed by atoms with van der Waals surface area (Å²) < 4.78 is 25.5. The average Bonchev–Trinajstić information content (AvgIpc) is 2.15. The maximum absolute atomic E-state index is 12.0. The predicted molar refractivity (Wildman–Crippen MR) is 68.4 cm³/mol. The molecule has 0 atom stereocenters. The van der Waals surface area contributed by atoms with Gasteiger partial charge in [0.05, 0.1) is 11.4 Å². The molecule has 0 radical (unpaired) electrons. The van der Waals surface area contributed by atoms with Crippen molar-refractivity contribution in [2.45, 2.75) is 45.3 Å². The minimum Gasteiger partial charge on any atom is -0.390 e. The van der Waals surface area contributed by atoms with E-state index in [1.54, 1.807) is 6.92 Å². The van der Waals surface area contributed by atoms with E-state index in [1.807, 2.05) is 13.8 Å². The molecule has 5 nitrogen and oxygen atoms in total. The van der Waals surface area contributed by atoms with Gasteiger partial charge in [-0.2, -0.15) is 0 Å². The van der Waals surface area contributed by atoms with Crippen molar-refractivity contribution in [3.8, 4) is 0 Å². The van der Waals surface area contributed by atoms with Crippen molar-refractivity contribution in [2.75, 3.05) is 25.4 Å². The first kappa shape index (κ1) is 14.9. The molecule has 0 unspecified atom stereocenters. The molecule has 17 heavy (non-hydrogen) atoms. The summed E-state index contributed by atoms with van der Waals surface area (Å²) in [6, 6.07) is 0.298. The Labute approximate surface area is 104 Å². The van der Waals surface area contributed by atoms with Crippen LogP contribution in [-0.4, -0.2) is 54.9 Å². The minimum absolute atomic E-state index is 0.132. The van der Waals surface area contributed by atoms with E-state index in [1.165, 1.54) is 4.31 Å². The van der Waals surface area contributed by atoms with Crippen LogP contribution in [0.3, 0.4) is 0 Å². The molecule has 0 aliphatic carbocycles. The van der Waals surface area contributed by atoms with Gasteiger partial charge < -0.3 is 10.4 Å². The van der Waals surface area contributed by atoms with E-state index in [4.69, 9.17) is 0 Å². The fourth-order valence-electron chi connectivity index (χ4n) is 1.85. The van der Waals surface area contributed by atoms with E-state index in [9.17, 15) is 13.5 Å². The summed E-state index contributed by atoms with van der Waals surface area (Å²) in [4.78, 5) is 0. The first-order valence-electron chi connectivity index (χ1n) is 6.16. The third-order valence-corrected chi connectivity index (χ3v) is 4.98. The molecule has 1 rings (SSSR count). The second-order valence-electron chi connectivity index (χ2n) is 5.32. The van der Waals surface area contributed by atoms with Crippen molar-refractivity contribution in [1.29, 1.82) is 0 Å². The summed E-state index contributed by atoms with van der Waals surface area (Å²) in [6.07, 6.45) is 1.04. The van der Waals surface area contributed by atoms with Gasteiger partial charge >= 0.3 is 0 Å². The maximum atomic E-state index is 12.0.